The predicted octanol–water partition coefficient (Wildman–Crippen LogP) is 5.60. The lowest BCUT2D eigenvalue weighted by molar-refractivity contribution is 0.747. The lowest BCUT2D eigenvalue weighted by Crippen LogP contribution is -2.21. The SMILES string of the molecule is Cc1ccc(-n2c3nc4ccccc4nc3c3c(=O)n(Cc4ccccc4Cl)cnc32)cc1C. The molecule has 34 heavy (non-hydrogen) atoms. The summed E-state index contributed by atoms with van der Waals surface area (Å²) in [6.45, 7) is 4.46. The molecule has 0 bridgehead atoms. The normalized spacial score (nSPS) is 11.6. The van der Waals surface area contributed by atoms with Crippen molar-refractivity contribution >= 4 is 44.8 Å². The number of para-hydroxylation sites is 2. The molecular formula is C27H20ClN5O. The lowest BCUT2D eigenvalue weighted by Gasteiger charge is -2.10. The summed E-state index contributed by atoms with van der Waals surface area (Å²) in [5.41, 5.74) is 7.08. The zero-order chi connectivity index (χ0) is 23.4. The highest BCUT2D eigenvalue weighted by molar-refractivity contribution is 6.31. The van der Waals surface area contributed by atoms with E-state index in [4.69, 9.17) is 26.6 Å². The highest BCUT2D eigenvalue weighted by atomic mass is 35.5. The van der Waals surface area contributed by atoms with Crippen molar-refractivity contribution in [2.45, 2.75) is 20.4 Å². The molecule has 0 amide bonds. The quantitative estimate of drug-likeness (QED) is 0.341. The van der Waals surface area contributed by atoms with Crippen molar-refractivity contribution in [3.63, 3.8) is 0 Å². The summed E-state index contributed by atoms with van der Waals surface area (Å²) in [4.78, 5) is 28.2. The van der Waals surface area contributed by atoms with Crippen LogP contribution in [0, 0.1) is 13.8 Å². The summed E-state index contributed by atoms with van der Waals surface area (Å²) in [6, 6.07) is 21.3. The van der Waals surface area contributed by atoms with Gasteiger partial charge in [-0.2, -0.15) is 0 Å². The zero-order valence-electron chi connectivity index (χ0n) is 18.7. The zero-order valence-corrected chi connectivity index (χ0v) is 19.4. The Morgan fingerprint density at radius 1 is 0.853 bits per heavy atom. The Kier molecular flexibility index (Phi) is 4.71. The van der Waals surface area contributed by atoms with Crippen LogP contribution in [-0.4, -0.2) is 24.1 Å². The molecule has 3 heterocycles. The van der Waals surface area contributed by atoms with E-state index in [-0.39, 0.29) is 5.56 Å². The summed E-state index contributed by atoms with van der Waals surface area (Å²) in [5.74, 6) is 0. The van der Waals surface area contributed by atoms with Crippen LogP contribution in [0.1, 0.15) is 16.7 Å². The van der Waals surface area contributed by atoms with Crippen LogP contribution in [-0.2, 0) is 6.54 Å². The number of fused-ring (bicyclic) bond motifs is 4. The number of hydrogen-bond acceptors (Lipinski definition) is 4. The van der Waals surface area contributed by atoms with Crippen LogP contribution >= 0.6 is 11.6 Å². The number of halogens is 1. The van der Waals surface area contributed by atoms with Gasteiger partial charge in [-0.3, -0.25) is 13.9 Å². The molecule has 0 saturated carbocycles. The molecule has 0 saturated heterocycles. The van der Waals surface area contributed by atoms with Gasteiger partial charge < -0.3 is 0 Å². The molecular weight excluding hydrogens is 446 g/mol. The van der Waals surface area contributed by atoms with Crippen LogP contribution in [0.5, 0.6) is 0 Å². The van der Waals surface area contributed by atoms with Gasteiger partial charge in [0.05, 0.1) is 17.6 Å². The van der Waals surface area contributed by atoms with E-state index >= 15 is 0 Å². The van der Waals surface area contributed by atoms with Crippen LogP contribution in [0.3, 0.4) is 0 Å². The first-order valence-electron chi connectivity index (χ1n) is 11.0. The van der Waals surface area contributed by atoms with Crippen molar-refractivity contribution in [1.82, 2.24) is 24.1 Å². The molecule has 0 radical (unpaired) electrons. The largest absolute Gasteiger partial charge is 0.294 e. The highest BCUT2D eigenvalue weighted by Crippen LogP contribution is 2.29. The number of aromatic nitrogens is 5. The van der Waals surface area contributed by atoms with Crippen LogP contribution in [0.4, 0.5) is 0 Å². The molecule has 6 aromatic rings. The van der Waals surface area contributed by atoms with Crippen molar-refractivity contribution in [3.05, 3.63) is 105 Å². The van der Waals surface area contributed by atoms with E-state index in [2.05, 4.69) is 26.0 Å². The third kappa shape index (κ3) is 3.18. The van der Waals surface area contributed by atoms with Gasteiger partial charge in [0.25, 0.3) is 5.56 Å². The molecule has 0 atom stereocenters. The Morgan fingerprint density at radius 3 is 2.35 bits per heavy atom. The first kappa shape index (κ1) is 20.6. The van der Waals surface area contributed by atoms with E-state index < -0.39 is 0 Å². The molecule has 3 aromatic carbocycles. The standard InChI is InChI=1S/C27H20ClN5O/c1-16-11-12-19(13-17(16)2)33-25-23(24-26(33)31-22-10-6-5-9-21(22)30-24)27(34)32(15-29-25)14-18-7-3-4-8-20(18)28/h3-13,15H,14H2,1-2H3. The van der Waals surface area contributed by atoms with Crippen molar-refractivity contribution in [2.24, 2.45) is 0 Å². The fourth-order valence-corrected chi connectivity index (χ4v) is 4.50. The van der Waals surface area contributed by atoms with E-state index in [0.29, 0.717) is 33.8 Å². The fraction of sp³-hybridized carbons (Fsp3) is 0.111. The fourth-order valence-electron chi connectivity index (χ4n) is 4.30. The molecule has 6 nitrogen and oxygen atoms in total. The summed E-state index contributed by atoms with van der Waals surface area (Å²) < 4.78 is 3.50. The summed E-state index contributed by atoms with van der Waals surface area (Å²) in [7, 11) is 0. The van der Waals surface area contributed by atoms with Crippen LogP contribution in [0.2, 0.25) is 5.02 Å². The van der Waals surface area contributed by atoms with E-state index in [1.807, 2.05) is 59.2 Å². The lowest BCUT2D eigenvalue weighted by atomic mass is 10.1. The Bertz CT molecular complexity index is 1800. The number of hydrogen-bond donors (Lipinski definition) is 0. The smallest absolute Gasteiger partial charge is 0.265 e. The summed E-state index contributed by atoms with van der Waals surface area (Å²) in [6.07, 6.45) is 1.57. The molecule has 166 valence electrons. The Labute approximate surface area is 200 Å². The maximum Gasteiger partial charge on any atom is 0.265 e. The molecule has 7 heteroatoms. The number of benzene rings is 3. The van der Waals surface area contributed by atoms with Crippen LogP contribution in [0.15, 0.2) is 77.9 Å². The van der Waals surface area contributed by atoms with Gasteiger partial charge in [-0.25, -0.2) is 15.0 Å². The molecule has 0 spiro atoms. The van der Waals surface area contributed by atoms with Gasteiger partial charge in [-0.05, 0) is 60.9 Å². The molecule has 3 aromatic heterocycles. The van der Waals surface area contributed by atoms with E-state index in [0.717, 1.165) is 27.8 Å². The second-order valence-corrected chi connectivity index (χ2v) is 8.86. The number of rotatable bonds is 3. The Hall–Kier alpha value is -4.03. The monoisotopic (exact) mass is 465 g/mol. The van der Waals surface area contributed by atoms with Crippen LogP contribution in [0.25, 0.3) is 38.9 Å². The van der Waals surface area contributed by atoms with Gasteiger partial charge in [0, 0.05) is 10.7 Å². The number of nitrogens with zero attached hydrogens (tertiary/aromatic N) is 5. The molecule has 0 aliphatic carbocycles. The third-order valence-electron chi connectivity index (χ3n) is 6.28. The van der Waals surface area contributed by atoms with Crippen molar-refractivity contribution in [3.8, 4) is 5.69 Å². The Balaban J connectivity index is 1.70. The highest BCUT2D eigenvalue weighted by Gasteiger charge is 2.21. The van der Waals surface area contributed by atoms with Gasteiger partial charge in [0.2, 0.25) is 0 Å². The maximum atomic E-state index is 13.8. The first-order chi connectivity index (χ1) is 16.5. The Morgan fingerprint density at radius 2 is 1.59 bits per heavy atom. The van der Waals surface area contributed by atoms with E-state index in [1.54, 1.807) is 10.9 Å². The minimum atomic E-state index is -0.179. The van der Waals surface area contributed by atoms with Crippen molar-refractivity contribution < 1.29 is 0 Å². The molecule has 0 N–H and O–H groups in total. The molecule has 0 fully saturated rings. The first-order valence-corrected chi connectivity index (χ1v) is 11.4. The number of aryl methyl sites for hydroxylation is 2. The topological polar surface area (TPSA) is 65.6 Å². The second-order valence-electron chi connectivity index (χ2n) is 8.46. The minimum absolute atomic E-state index is 0.179. The maximum absolute atomic E-state index is 13.8. The van der Waals surface area contributed by atoms with E-state index in [1.165, 1.54) is 5.56 Å². The second kappa shape index (κ2) is 7.78. The van der Waals surface area contributed by atoms with Gasteiger partial charge in [-0.1, -0.05) is 48.0 Å². The van der Waals surface area contributed by atoms with E-state index in [9.17, 15) is 4.79 Å². The average molecular weight is 466 g/mol. The third-order valence-corrected chi connectivity index (χ3v) is 6.65. The van der Waals surface area contributed by atoms with Crippen molar-refractivity contribution in [1.29, 1.82) is 0 Å². The van der Waals surface area contributed by atoms with Crippen LogP contribution < -0.4 is 5.56 Å². The minimum Gasteiger partial charge on any atom is -0.294 e. The van der Waals surface area contributed by atoms with Gasteiger partial charge in [0.1, 0.15) is 17.2 Å². The van der Waals surface area contributed by atoms with Gasteiger partial charge >= 0.3 is 0 Å². The predicted molar refractivity (Wildman–Crippen MR) is 136 cm³/mol. The summed E-state index contributed by atoms with van der Waals surface area (Å²) >= 11 is 6.35. The molecule has 0 unspecified atom stereocenters. The molecule has 0 aliphatic heterocycles. The van der Waals surface area contributed by atoms with Gasteiger partial charge in [-0.15, -0.1) is 0 Å². The molecule has 6 rings (SSSR count). The summed E-state index contributed by atoms with van der Waals surface area (Å²) in [5, 5.41) is 1.05. The average Bonchev–Trinajstić information content (AvgIpc) is 3.16. The molecule has 0 aliphatic rings. The van der Waals surface area contributed by atoms with Crippen molar-refractivity contribution in [2.75, 3.05) is 0 Å². The van der Waals surface area contributed by atoms with Gasteiger partial charge in [0.15, 0.2) is 11.3 Å².